The van der Waals surface area contributed by atoms with E-state index in [1.165, 1.54) is 0 Å². The second-order valence-electron chi connectivity index (χ2n) is 7.63. The summed E-state index contributed by atoms with van der Waals surface area (Å²) in [5.41, 5.74) is 2.09. The molecule has 0 radical (unpaired) electrons. The average Bonchev–Trinajstić information content (AvgIpc) is 3.37. The van der Waals surface area contributed by atoms with Crippen LogP contribution in [0.3, 0.4) is 0 Å². The Bertz CT molecular complexity index is 1000. The van der Waals surface area contributed by atoms with Gasteiger partial charge in [0.25, 0.3) is 0 Å². The summed E-state index contributed by atoms with van der Waals surface area (Å²) in [5.74, 6) is 1.65. The van der Waals surface area contributed by atoms with Crippen molar-refractivity contribution >= 4 is 17.6 Å². The normalized spacial score (nSPS) is 17.2. The molecule has 3 heterocycles. The summed E-state index contributed by atoms with van der Waals surface area (Å²) < 4.78 is 2.09. The van der Waals surface area contributed by atoms with Crippen LogP contribution in [0.5, 0.6) is 0 Å². The molecule has 0 bridgehead atoms. The van der Waals surface area contributed by atoms with Gasteiger partial charge in [-0.15, -0.1) is 10.2 Å². The van der Waals surface area contributed by atoms with E-state index in [4.69, 9.17) is 11.6 Å². The van der Waals surface area contributed by atoms with E-state index in [2.05, 4.69) is 25.1 Å². The van der Waals surface area contributed by atoms with Crippen molar-refractivity contribution in [1.82, 2.24) is 30.0 Å². The standard InChI is InChI=1S/C22H25ClN6O/c1-15(18-5-3-11-24-13-18)25-22(30)28-12-4-6-20(28)21-27-26-16(2)29(21)14-17-7-9-19(23)10-8-17/h3,5,7-11,13,15,20H,4,6,12,14H2,1-2H3,(H,25,30)/t15-,20?/m0/s1. The van der Waals surface area contributed by atoms with Gasteiger partial charge in [-0.2, -0.15) is 0 Å². The van der Waals surface area contributed by atoms with E-state index in [1.54, 1.807) is 12.4 Å². The summed E-state index contributed by atoms with van der Waals surface area (Å²) >= 11 is 6.01. The van der Waals surface area contributed by atoms with Gasteiger partial charge < -0.3 is 14.8 Å². The molecule has 2 amide bonds. The minimum atomic E-state index is -0.124. The fraction of sp³-hybridized carbons (Fsp3) is 0.364. The third kappa shape index (κ3) is 4.31. The van der Waals surface area contributed by atoms with Gasteiger partial charge in [-0.1, -0.05) is 29.8 Å². The summed E-state index contributed by atoms with van der Waals surface area (Å²) in [6.07, 6.45) is 5.31. The second kappa shape index (κ2) is 8.83. The second-order valence-corrected chi connectivity index (χ2v) is 8.06. The van der Waals surface area contributed by atoms with Crippen LogP contribution in [0, 0.1) is 6.92 Å². The molecule has 1 aromatic carbocycles. The molecule has 0 aliphatic carbocycles. The number of amides is 2. The van der Waals surface area contributed by atoms with Gasteiger partial charge in [0.15, 0.2) is 5.82 Å². The Morgan fingerprint density at radius 1 is 1.27 bits per heavy atom. The molecule has 8 heteroatoms. The molecule has 0 spiro atoms. The van der Waals surface area contributed by atoms with E-state index in [9.17, 15) is 4.79 Å². The minimum Gasteiger partial charge on any atom is -0.331 e. The number of hydrogen-bond donors (Lipinski definition) is 1. The van der Waals surface area contributed by atoms with Gasteiger partial charge in [0.05, 0.1) is 18.6 Å². The van der Waals surface area contributed by atoms with E-state index >= 15 is 0 Å². The fourth-order valence-corrected chi connectivity index (χ4v) is 4.00. The van der Waals surface area contributed by atoms with Crippen LogP contribution in [0.1, 0.15) is 54.6 Å². The van der Waals surface area contributed by atoms with Crippen molar-refractivity contribution in [2.24, 2.45) is 0 Å². The lowest BCUT2D eigenvalue weighted by Gasteiger charge is -2.27. The molecule has 156 valence electrons. The van der Waals surface area contributed by atoms with Crippen LogP contribution in [0.25, 0.3) is 0 Å². The van der Waals surface area contributed by atoms with Gasteiger partial charge in [-0.25, -0.2) is 4.79 Å². The number of carbonyl (C=O) groups is 1. The first-order valence-corrected chi connectivity index (χ1v) is 10.5. The average molecular weight is 425 g/mol. The first-order valence-electron chi connectivity index (χ1n) is 10.1. The van der Waals surface area contributed by atoms with Crippen LogP contribution in [-0.2, 0) is 6.54 Å². The number of rotatable bonds is 5. The van der Waals surface area contributed by atoms with Crippen molar-refractivity contribution in [3.63, 3.8) is 0 Å². The number of nitrogens with zero attached hydrogens (tertiary/aromatic N) is 5. The Kier molecular flexibility index (Phi) is 5.99. The Hall–Kier alpha value is -2.93. The van der Waals surface area contributed by atoms with Crippen LogP contribution in [-0.4, -0.2) is 37.2 Å². The lowest BCUT2D eigenvalue weighted by Crippen LogP contribution is -2.41. The van der Waals surface area contributed by atoms with Crippen molar-refractivity contribution < 1.29 is 4.79 Å². The topological polar surface area (TPSA) is 75.9 Å². The van der Waals surface area contributed by atoms with E-state index in [-0.39, 0.29) is 18.1 Å². The summed E-state index contributed by atoms with van der Waals surface area (Å²) in [4.78, 5) is 19.1. The number of nitrogens with one attached hydrogen (secondary N) is 1. The third-order valence-corrected chi connectivity index (χ3v) is 5.81. The Morgan fingerprint density at radius 2 is 2.07 bits per heavy atom. The predicted molar refractivity (Wildman–Crippen MR) is 115 cm³/mol. The molecule has 1 unspecified atom stereocenters. The van der Waals surface area contributed by atoms with Gasteiger partial charge >= 0.3 is 6.03 Å². The molecule has 0 saturated carbocycles. The van der Waals surface area contributed by atoms with Crippen LogP contribution < -0.4 is 5.32 Å². The Labute approximate surface area is 181 Å². The number of carbonyl (C=O) groups excluding carboxylic acids is 1. The smallest absolute Gasteiger partial charge is 0.318 e. The molecule has 2 atom stereocenters. The Morgan fingerprint density at radius 3 is 2.80 bits per heavy atom. The van der Waals surface area contributed by atoms with Gasteiger partial charge in [0.1, 0.15) is 5.82 Å². The van der Waals surface area contributed by atoms with Gasteiger partial charge in [0.2, 0.25) is 0 Å². The van der Waals surface area contributed by atoms with Gasteiger partial charge in [-0.3, -0.25) is 4.98 Å². The minimum absolute atomic E-state index is 0.0902. The van der Waals surface area contributed by atoms with E-state index in [0.29, 0.717) is 18.1 Å². The van der Waals surface area contributed by atoms with Crippen LogP contribution in [0.2, 0.25) is 5.02 Å². The van der Waals surface area contributed by atoms with Gasteiger partial charge in [-0.05, 0) is 56.0 Å². The molecule has 3 aromatic rings. The zero-order valence-corrected chi connectivity index (χ0v) is 17.9. The molecular weight excluding hydrogens is 400 g/mol. The molecule has 1 N–H and O–H groups in total. The number of hydrogen-bond acceptors (Lipinski definition) is 4. The van der Waals surface area contributed by atoms with E-state index < -0.39 is 0 Å². The molecule has 1 aliphatic rings. The quantitative estimate of drug-likeness (QED) is 0.662. The molecule has 2 aromatic heterocycles. The maximum absolute atomic E-state index is 13.0. The summed E-state index contributed by atoms with van der Waals surface area (Å²) in [7, 11) is 0. The first-order chi connectivity index (χ1) is 14.5. The monoisotopic (exact) mass is 424 g/mol. The highest BCUT2D eigenvalue weighted by Gasteiger charge is 2.34. The molecule has 1 saturated heterocycles. The van der Waals surface area contributed by atoms with Crippen LogP contribution >= 0.6 is 11.6 Å². The zero-order chi connectivity index (χ0) is 21.1. The molecule has 30 heavy (non-hydrogen) atoms. The molecular formula is C22H25ClN6O. The zero-order valence-electron chi connectivity index (χ0n) is 17.1. The van der Waals surface area contributed by atoms with Gasteiger partial charge in [0, 0.05) is 24.0 Å². The Balaban J connectivity index is 1.52. The molecule has 4 rings (SSSR count). The number of pyridine rings is 1. The lowest BCUT2D eigenvalue weighted by molar-refractivity contribution is 0.186. The highest BCUT2D eigenvalue weighted by molar-refractivity contribution is 6.30. The summed E-state index contributed by atoms with van der Waals surface area (Å²) in [6, 6.07) is 11.3. The van der Waals surface area contributed by atoms with Crippen molar-refractivity contribution in [2.75, 3.05) is 6.54 Å². The molecule has 1 fully saturated rings. The van der Waals surface area contributed by atoms with Crippen LogP contribution in [0.15, 0.2) is 48.8 Å². The molecule has 7 nitrogen and oxygen atoms in total. The number of aryl methyl sites for hydroxylation is 1. The third-order valence-electron chi connectivity index (χ3n) is 5.55. The number of urea groups is 1. The first kappa shape index (κ1) is 20.3. The SMILES string of the molecule is Cc1nnc(C2CCCN2C(=O)N[C@@H](C)c2cccnc2)n1Cc1ccc(Cl)cc1. The summed E-state index contributed by atoms with van der Waals surface area (Å²) in [5, 5.41) is 12.5. The van der Waals surface area contributed by atoms with Crippen molar-refractivity contribution in [2.45, 2.75) is 45.3 Å². The largest absolute Gasteiger partial charge is 0.331 e. The number of likely N-dealkylation sites (tertiary alicyclic amines) is 1. The van der Waals surface area contributed by atoms with Crippen molar-refractivity contribution in [3.8, 4) is 0 Å². The number of halogens is 1. The number of aromatic nitrogens is 4. The van der Waals surface area contributed by atoms with Crippen molar-refractivity contribution in [3.05, 3.63) is 76.6 Å². The maximum atomic E-state index is 13.0. The summed E-state index contributed by atoms with van der Waals surface area (Å²) in [6.45, 7) is 5.25. The molecule has 1 aliphatic heterocycles. The van der Waals surface area contributed by atoms with Crippen LogP contribution in [0.4, 0.5) is 4.79 Å². The van der Waals surface area contributed by atoms with E-state index in [0.717, 1.165) is 35.6 Å². The lowest BCUT2D eigenvalue weighted by atomic mass is 10.1. The highest BCUT2D eigenvalue weighted by atomic mass is 35.5. The maximum Gasteiger partial charge on any atom is 0.318 e. The number of benzene rings is 1. The predicted octanol–water partition coefficient (Wildman–Crippen LogP) is 4.29. The van der Waals surface area contributed by atoms with E-state index in [1.807, 2.05) is 55.1 Å². The highest BCUT2D eigenvalue weighted by Crippen LogP contribution is 2.32. The van der Waals surface area contributed by atoms with Crippen molar-refractivity contribution in [1.29, 1.82) is 0 Å². The fourth-order valence-electron chi connectivity index (χ4n) is 3.87.